The fourth-order valence-corrected chi connectivity index (χ4v) is 2.44. The van der Waals surface area contributed by atoms with Crippen molar-refractivity contribution in [2.24, 2.45) is 0 Å². The molecule has 3 rings (SSSR count). The highest BCUT2D eigenvalue weighted by molar-refractivity contribution is 5.89. The van der Waals surface area contributed by atoms with Gasteiger partial charge in [-0.3, -0.25) is 19.9 Å². The average molecular weight is 379 g/mol. The molecule has 0 radical (unpaired) electrons. The molecule has 2 aromatic heterocycles. The summed E-state index contributed by atoms with van der Waals surface area (Å²) in [6.45, 7) is 1.74. The summed E-state index contributed by atoms with van der Waals surface area (Å²) in [7, 11) is 0. The van der Waals surface area contributed by atoms with Crippen LogP contribution in [-0.4, -0.2) is 25.8 Å². The van der Waals surface area contributed by atoms with Gasteiger partial charge in [0.05, 0.1) is 4.92 Å². The highest BCUT2D eigenvalue weighted by Crippen LogP contribution is 2.31. The molecule has 0 spiro atoms. The SMILES string of the molecule is CC(=O)Nc1ccc(Nc2ncnc(NCc3cccnc3)c2[N+](=O)[O-])cc1. The van der Waals surface area contributed by atoms with E-state index in [2.05, 4.69) is 30.9 Å². The summed E-state index contributed by atoms with van der Waals surface area (Å²) < 4.78 is 0. The molecule has 3 N–H and O–H groups in total. The van der Waals surface area contributed by atoms with Gasteiger partial charge >= 0.3 is 5.69 Å². The number of carbonyl (C=O) groups is 1. The summed E-state index contributed by atoms with van der Waals surface area (Å²) in [5.41, 5.74) is 1.79. The molecule has 0 unspecified atom stereocenters. The summed E-state index contributed by atoms with van der Waals surface area (Å²) in [5, 5.41) is 20.1. The lowest BCUT2D eigenvalue weighted by Crippen LogP contribution is -2.08. The van der Waals surface area contributed by atoms with Crippen LogP contribution in [0.2, 0.25) is 0 Å². The summed E-state index contributed by atoms with van der Waals surface area (Å²) in [4.78, 5) is 34.1. The molecule has 0 aliphatic heterocycles. The molecule has 1 amide bonds. The maximum absolute atomic E-state index is 11.6. The van der Waals surface area contributed by atoms with Gasteiger partial charge in [-0.2, -0.15) is 0 Å². The number of rotatable bonds is 7. The molecule has 142 valence electrons. The zero-order chi connectivity index (χ0) is 19.9. The van der Waals surface area contributed by atoms with E-state index in [0.717, 1.165) is 5.56 Å². The standard InChI is InChI=1S/C18H17N7O3/c1-12(26)23-14-4-6-15(7-5-14)24-18-16(25(27)28)17(21-11-22-18)20-10-13-3-2-8-19-9-13/h2-9,11H,10H2,1H3,(H,23,26)(H2,20,21,22,24). The largest absolute Gasteiger partial charge is 0.360 e. The first-order valence-electron chi connectivity index (χ1n) is 8.30. The fraction of sp³-hybridized carbons (Fsp3) is 0.111. The quantitative estimate of drug-likeness (QED) is 0.421. The predicted molar refractivity (Wildman–Crippen MR) is 104 cm³/mol. The maximum Gasteiger partial charge on any atom is 0.353 e. The number of carbonyl (C=O) groups excluding carboxylic acids is 1. The molecule has 0 saturated heterocycles. The van der Waals surface area contributed by atoms with Crippen LogP contribution in [0, 0.1) is 10.1 Å². The van der Waals surface area contributed by atoms with Gasteiger partial charge in [0, 0.05) is 37.2 Å². The van der Waals surface area contributed by atoms with Gasteiger partial charge in [-0.05, 0) is 35.9 Å². The van der Waals surface area contributed by atoms with Crippen LogP contribution in [0.4, 0.5) is 28.7 Å². The molecule has 10 nitrogen and oxygen atoms in total. The first-order chi connectivity index (χ1) is 13.5. The second-order valence-electron chi connectivity index (χ2n) is 5.77. The van der Waals surface area contributed by atoms with E-state index in [1.807, 2.05) is 6.07 Å². The highest BCUT2D eigenvalue weighted by atomic mass is 16.6. The number of aromatic nitrogens is 3. The third-order valence-corrected chi connectivity index (χ3v) is 3.66. The molecule has 0 fully saturated rings. The van der Waals surface area contributed by atoms with E-state index in [4.69, 9.17) is 0 Å². The van der Waals surface area contributed by atoms with Crippen molar-refractivity contribution in [3.05, 3.63) is 70.8 Å². The summed E-state index contributed by atoms with van der Waals surface area (Å²) in [5.74, 6) is -0.0290. The summed E-state index contributed by atoms with van der Waals surface area (Å²) >= 11 is 0. The van der Waals surface area contributed by atoms with E-state index >= 15 is 0 Å². The summed E-state index contributed by atoms with van der Waals surface area (Å²) in [6, 6.07) is 10.3. The Labute approximate surface area is 160 Å². The lowest BCUT2D eigenvalue weighted by Gasteiger charge is -2.10. The molecule has 1 aromatic carbocycles. The summed E-state index contributed by atoms with van der Waals surface area (Å²) in [6.07, 6.45) is 4.55. The second kappa shape index (κ2) is 8.54. The zero-order valence-corrected chi connectivity index (χ0v) is 14.9. The Morgan fingerprint density at radius 3 is 2.46 bits per heavy atom. The van der Waals surface area contributed by atoms with Crippen molar-refractivity contribution in [1.29, 1.82) is 0 Å². The van der Waals surface area contributed by atoms with Crippen LogP contribution in [0.5, 0.6) is 0 Å². The van der Waals surface area contributed by atoms with Crippen LogP contribution in [0.1, 0.15) is 12.5 Å². The molecule has 2 heterocycles. The maximum atomic E-state index is 11.6. The molecule has 0 aliphatic carbocycles. The lowest BCUT2D eigenvalue weighted by atomic mass is 10.2. The Hall–Kier alpha value is -4.08. The first kappa shape index (κ1) is 18.7. The van der Waals surface area contributed by atoms with Crippen molar-refractivity contribution in [2.75, 3.05) is 16.0 Å². The number of pyridine rings is 1. The van der Waals surface area contributed by atoms with Crippen LogP contribution in [0.3, 0.4) is 0 Å². The Balaban J connectivity index is 1.80. The number of anilines is 4. The Kier molecular flexibility index (Phi) is 5.70. The second-order valence-corrected chi connectivity index (χ2v) is 5.77. The number of hydrogen-bond donors (Lipinski definition) is 3. The third kappa shape index (κ3) is 4.75. The van der Waals surface area contributed by atoms with Crippen LogP contribution in [0.25, 0.3) is 0 Å². The number of nitrogens with one attached hydrogen (secondary N) is 3. The van der Waals surface area contributed by atoms with E-state index in [0.29, 0.717) is 17.9 Å². The zero-order valence-electron chi connectivity index (χ0n) is 14.9. The van der Waals surface area contributed by atoms with Crippen molar-refractivity contribution in [3.8, 4) is 0 Å². The Morgan fingerprint density at radius 1 is 1.11 bits per heavy atom. The predicted octanol–water partition coefficient (Wildman–Crippen LogP) is 3.09. The Bertz CT molecular complexity index is 978. The van der Waals surface area contributed by atoms with Crippen LogP contribution >= 0.6 is 0 Å². The highest BCUT2D eigenvalue weighted by Gasteiger charge is 2.23. The molecular weight excluding hydrogens is 362 g/mol. The fourth-order valence-electron chi connectivity index (χ4n) is 2.44. The van der Waals surface area contributed by atoms with Crippen LogP contribution < -0.4 is 16.0 Å². The smallest absolute Gasteiger partial charge is 0.353 e. The molecule has 0 atom stereocenters. The molecule has 0 bridgehead atoms. The van der Waals surface area contributed by atoms with Crippen LogP contribution in [-0.2, 0) is 11.3 Å². The van der Waals surface area contributed by atoms with Gasteiger partial charge in [0.1, 0.15) is 6.33 Å². The van der Waals surface area contributed by atoms with Gasteiger partial charge in [-0.15, -0.1) is 0 Å². The minimum atomic E-state index is -0.542. The van der Waals surface area contributed by atoms with Gasteiger partial charge in [0.15, 0.2) is 0 Å². The number of amides is 1. The molecule has 10 heteroatoms. The molecule has 28 heavy (non-hydrogen) atoms. The first-order valence-corrected chi connectivity index (χ1v) is 8.30. The van der Waals surface area contributed by atoms with Gasteiger partial charge in [-0.1, -0.05) is 6.07 Å². The van der Waals surface area contributed by atoms with E-state index in [1.54, 1.807) is 42.7 Å². The van der Waals surface area contributed by atoms with Gasteiger partial charge in [-0.25, -0.2) is 9.97 Å². The lowest BCUT2D eigenvalue weighted by molar-refractivity contribution is -0.383. The van der Waals surface area contributed by atoms with Crippen molar-refractivity contribution in [3.63, 3.8) is 0 Å². The number of nitro groups is 1. The Morgan fingerprint density at radius 2 is 1.82 bits per heavy atom. The van der Waals surface area contributed by atoms with Crippen molar-refractivity contribution >= 4 is 34.6 Å². The monoisotopic (exact) mass is 379 g/mol. The minimum Gasteiger partial charge on any atom is -0.360 e. The third-order valence-electron chi connectivity index (χ3n) is 3.66. The molecule has 0 saturated carbocycles. The number of benzene rings is 1. The van der Waals surface area contributed by atoms with Crippen LogP contribution in [0.15, 0.2) is 55.1 Å². The number of nitrogens with zero attached hydrogens (tertiary/aromatic N) is 4. The van der Waals surface area contributed by atoms with E-state index in [1.165, 1.54) is 13.3 Å². The van der Waals surface area contributed by atoms with E-state index in [-0.39, 0.29) is 23.2 Å². The normalized spacial score (nSPS) is 10.2. The van der Waals surface area contributed by atoms with Crippen molar-refractivity contribution in [2.45, 2.75) is 13.5 Å². The van der Waals surface area contributed by atoms with E-state index < -0.39 is 4.92 Å². The minimum absolute atomic E-state index is 0.0564. The topological polar surface area (TPSA) is 135 Å². The van der Waals surface area contributed by atoms with Crippen molar-refractivity contribution in [1.82, 2.24) is 15.0 Å². The average Bonchev–Trinajstić information content (AvgIpc) is 2.68. The number of hydrogen-bond acceptors (Lipinski definition) is 8. The van der Waals surface area contributed by atoms with Crippen molar-refractivity contribution < 1.29 is 9.72 Å². The molecular formula is C18H17N7O3. The molecule has 0 aliphatic rings. The van der Waals surface area contributed by atoms with Gasteiger partial charge in [0.25, 0.3) is 0 Å². The van der Waals surface area contributed by atoms with Gasteiger partial charge in [0.2, 0.25) is 17.5 Å². The van der Waals surface area contributed by atoms with E-state index in [9.17, 15) is 14.9 Å². The molecule has 3 aromatic rings. The van der Waals surface area contributed by atoms with Gasteiger partial charge < -0.3 is 16.0 Å².